The molecule has 3 unspecified atom stereocenters. The average molecular weight is 201 g/mol. The molecule has 1 fully saturated rings. The van der Waals surface area contributed by atoms with Crippen molar-refractivity contribution < 1.29 is 9.94 Å². The number of hydrogen-bond acceptors (Lipinski definition) is 4. The van der Waals surface area contributed by atoms with Gasteiger partial charge < -0.3 is 21.0 Å². The maximum absolute atomic E-state index is 8.50. The number of nitrogens with one attached hydrogen (secondary N) is 1. The predicted octanol–water partition coefficient (Wildman–Crippen LogP) is 0.136. The van der Waals surface area contributed by atoms with E-state index in [0.717, 1.165) is 19.6 Å². The van der Waals surface area contributed by atoms with Crippen LogP contribution in [0.1, 0.15) is 20.3 Å². The van der Waals surface area contributed by atoms with Gasteiger partial charge in [-0.25, -0.2) is 0 Å². The Hall–Kier alpha value is -0.810. The quantitative estimate of drug-likeness (QED) is 0.262. The van der Waals surface area contributed by atoms with Crippen LogP contribution in [0.2, 0.25) is 0 Å². The normalized spacial score (nSPS) is 31.4. The lowest BCUT2D eigenvalue weighted by Crippen LogP contribution is -2.49. The largest absolute Gasteiger partial charge is 0.409 e. The summed E-state index contributed by atoms with van der Waals surface area (Å²) < 4.78 is 5.33. The monoisotopic (exact) mass is 201 g/mol. The first kappa shape index (κ1) is 11.3. The van der Waals surface area contributed by atoms with Crippen molar-refractivity contribution in [2.75, 3.05) is 13.2 Å². The average Bonchev–Trinajstić information content (AvgIpc) is 2.20. The molecule has 0 aromatic rings. The van der Waals surface area contributed by atoms with Gasteiger partial charge in [-0.3, -0.25) is 0 Å². The van der Waals surface area contributed by atoms with Crippen molar-refractivity contribution in [3.8, 4) is 0 Å². The second-order valence-corrected chi connectivity index (χ2v) is 3.86. The molecule has 4 N–H and O–H groups in total. The van der Waals surface area contributed by atoms with E-state index in [1.807, 2.05) is 6.92 Å². The summed E-state index contributed by atoms with van der Waals surface area (Å²) in [5.41, 5.74) is 5.49. The number of nitrogens with two attached hydrogens (primary N) is 1. The fourth-order valence-electron chi connectivity index (χ4n) is 1.62. The van der Waals surface area contributed by atoms with Crippen molar-refractivity contribution in [2.45, 2.75) is 32.4 Å². The summed E-state index contributed by atoms with van der Waals surface area (Å²) in [5, 5.41) is 14.8. The predicted molar refractivity (Wildman–Crippen MR) is 54.4 cm³/mol. The number of amidine groups is 1. The summed E-state index contributed by atoms with van der Waals surface area (Å²) in [6, 6.07) is 0.296. The van der Waals surface area contributed by atoms with Gasteiger partial charge in [0.15, 0.2) is 5.84 Å². The number of oxime groups is 1. The third-order valence-electron chi connectivity index (χ3n) is 2.66. The molecule has 5 heteroatoms. The highest BCUT2D eigenvalue weighted by molar-refractivity contribution is 5.84. The molecule has 1 aliphatic heterocycles. The number of rotatable bonds is 3. The molecule has 1 saturated heterocycles. The molecule has 14 heavy (non-hydrogen) atoms. The van der Waals surface area contributed by atoms with Gasteiger partial charge in [-0.1, -0.05) is 12.1 Å². The van der Waals surface area contributed by atoms with Gasteiger partial charge in [-0.15, -0.1) is 0 Å². The highest BCUT2D eigenvalue weighted by Gasteiger charge is 2.23. The van der Waals surface area contributed by atoms with Crippen molar-refractivity contribution in [2.24, 2.45) is 16.8 Å². The van der Waals surface area contributed by atoms with Crippen LogP contribution in [0.25, 0.3) is 0 Å². The van der Waals surface area contributed by atoms with Crippen LogP contribution in [0.15, 0.2) is 5.16 Å². The molecule has 3 atom stereocenters. The van der Waals surface area contributed by atoms with E-state index in [1.54, 1.807) is 0 Å². The van der Waals surface area contributed by atoms with Crippen LogP contribution in [0.3, 0.4) is 0 Å². The summed E-state index contributed by atoms with van der Waals surface area (Å²) in [7, 11) is 0. The van der Waals surface area contributed by atoms with E-state index in [0.29, 0.717) is 12.0 Å². The molecule has 1 rings (SSSR count). The van der Waals surface area contributed by atoms with Crippen molar-refractivity contribution in [1.82, 2.24) is 5.32 Å². The van der Waals surface area contributed by atoms with Crippen LogP contribution >= 0.6 is 0 Å². The lowest BCUT2D eigenvalue weighted by Gasteiger charge is -2.31. The van der Waals surface area contributed by atoms with Crippen molar-refractivity contribution in [3.63, 3.8) is 0 Å². The minimum Gasteiger partial charge on any atom is -0.409 e. The Kier molecular flexibility index (Phi) is 4.16. The van der Waals surface area contributed by atoms with Crippen molar-refractivity contribution in [1.29, 1.82) is 0 Å². The SMILES string of the molecule is CC(NC1CCOCC1C)/C(N)=N/O. The Morgan fingerprint density at radius 3 is 3.00 bits per heavy atom. The summed E-state index contributed by atoms with van der Waals surface area (Å²) in [5.74, 6) is 0.696. The smallest absolute Gasteiger partial charge is 0.156 e. The first-order valence-corrected chi connectivity index (χ1v) is 4.96. The van der Waals surface area contributed by atoms with Gasteiger partial charge >= 0.3 is 0 Å². The van der Waals surface area contributed by atoms with E-state index >= 15 is 0 Å². The number of ether oxygens (including phenoxy) is 1. The van der Waals surface area contributed by atoms with Crippen LogP contribution in [0, 0.1) is 5.92 Å². The lowest BCUT2D eigenvalue weighted by atomic mass is 9.97. The molecule has 5 nitrogen and oxygen atoms in total. The van der Waals surface area contributed by atoms with Gasteiger partial charge in [0.2, 0.25) is 0 Å². The molecule has 0 bridgehead atoms. The van der Waals surface area contributed by atoms with Gasteiger partial charge in [0.05, 0.1) is 12.6 Å². The Balaban J connectivity index is 2.42. The van der Waals surface area contributed by atoms with E-state index in [4.69, 9.17) is 15.7 Å². The molecule has 0 amide bonds. The van der Waals surface area contributed by atoms with Crippen LogP contribution in [0.5, 0.6) is 0 Å². The Morgan fingerprint density at radius 2 is 2.43 bits per heavy atom. The zero-order valence-corrected chi connectivity index (χ0v) is 8.73. The topological polar surface area (TPSA) is 79.9 Å². The van der Waals surface area contributed by atoms with Crippen molar-refractivity contribution in [3.05, 3.63) is 0 Å². The van der Waals surface area contributed by atoms with Crippen LogP contribution in [-0.2, 0) is 4.74 Å². The molecule has 0 aromatic carbocycles. The Labute approximate surface area is 84.3 Å². The highest BCUT2D eigenvalue weighted by atomic mass is 16.5. The first-order chi connectivity index (χ1) is 6.65. The van der Waals surface area contributed by atoms with Gasteiger partial charge in [0.1, 0.15) is 0 Å². The summed E-state index contributed by atoms with van der Waals surface area (Å²) in [6.07, 6.45) is 0.976. The molecule has 0 radical (unpaired) electrons. The molecule has 0 aromatic heterocycles. The summed E-state index contributed by atoms with van der Waals surface area (Å²) >= 11 is 0. The molecular formula is C9H19N3O2. The van der Waals surface area contributed by atoms with E-state index in [1.165, 1.54) is 0 Å². The van der Waals surface area contributed by atoms with Crippen molar-refractivity contribution >= 4 is 5.84 Å². The highest BCUT2D eigenvalue weighted by Crippen LogP contribution is 2.14. The molecule has 1 heterocycles. The summed E-state index contributed by atoms with van der Waals surface area (Å²) in [4.78, 5) is 0. The molecule has 0 aliphatic carbocycles. The maximum Gasteiger partial charge on any atom is 0.156 e. The molecule has 0 saturated carbocycles. The van der Waals surface area contributed by atoms with E-state index in [2.05, 4.69) is 17.4 Å². The fraction of sp³-hybridized carbons (Fsp3) is 0.889. The van der Waals surface area contributed by atoms with Crippen LogP contribution in [0.4, 0.5) is 0 Å². The Morgan fingerprint density at radius 1 is 1.71 bits per heavy atom. The van der Waals surface area contributed by atoms with Gasteiger partial charge in [-0.2, -0.15) is 0 Å². The minimum atomic E-state index is -0.0921. The maximum atomic E-state index is 8.50. The molecular weight excluding hydrogens is 182 g/mol. The third-order valence-corrected chi connectivity index (χ3v) is 2.66. The second kappa shape index (κ2) is 5.17. The zero-order chi connectivity index (χ0) is 10.6. The van der Waals surface area contributed by atoms with E-state index in [-0.39, 0.29) is 11.9 Å². The number of nitrogens with zero attached hydrogens (tertiary/aromatic N) is 1. The van der Waals surface area contributed by atoms with Gasteiger partial charge in [-0.05, 0) is 19.3 Å². The summed E-state index contributed by atoms with van der Waals surface area (Å²) in [6.45, 7) is 5.58. The van der Waals surface area contributed by atoms with E-state index in [9.17, 15) is 0 Å². The third kappa shape index (κ3) is 2.85. The number of hydrogen-bond donors (Lipinski definition) is 3. The molecule has 0 spiro atoms. The minimum absolute atomic E-state index is 0.0921. The van der Waals surface area contributed by atoms with E-state index < -0.39 is 0 Å². The van der Waals surface area contributed by atoms with Gasteiger partial charge in [0, 0.05) is 12.6 Å². The lowest BCUT2D eigenvalue weighted by molar-refractivity contribution is 0.0381. The molecule has 82 valence electrons. The van der Waals surface area contributed by atoms with Gasteiger partial charge in [0.25, 0.3) is 0 Å². The fourth-order valence-corrected chi connectivity index (χ4v) is 1.62. The molecule has 1 aliphatic rings. The first-order valence-electron chi connectivity index (χ1n) is 4.96. The van der Waals surface area contributed by atoms with Crippen LogP contribution in [-0.4, -0.2) is 36.3 Å². The Bertz CT molecular complexity index is 208. The zero-order valence-electron chi connectivity index (χ0n) is 8.73. The second-order valence-electron chi connectivity index (χ2n) is 3.86. The standard InChI is InChI=1S/C9H19N3O2/c1-6-5-14-4-3-8(6)11-7(2)9(10)12-13/h6-8,11,13H,3-5H2,1-2H3,(H2,10,12). The van der Waals surface area contributed by atoms with Crippen LogP contribution < -0.4 is 11.1 Å².